The van der Waals surface area contributed by atoms with Gasteiger partial charge >= 0.3 is 0 Å². The molecule has 1 aromatic carbocycles. The first-order valence-electron chi connectivity index (χ1n) is 6.71. The number of hydrogen-bond donors (Lipinski definition) is 1. The van der Waals surface area contributed by atoms with Crippen LogP contribution in [0, 0.1) is 18.8 Å². The molecule has 0 amide bonds. The topological polar surface area (TPSA) is 15.3 Å². The summed E-state index contributed by atoms with van der Waals surface area (Å²) >= 11 is 0. The van der Waals surface area contributed by atoms with E-state index in [-0.39, 0.29) is 0 Å². The smallest absolute Gasteiger partial charge is 0.0602 e. The summed E-state index contributed by atoms with van der Waals surface area (Å²) in [5, 5.41) is 3.44. The molecule has 2 heteroatoms. The summed E-state index contributed by atoms with van der Waals surface area (Å²) in [7, 11) is 0. The highest BCUT2D eigenvalue weighted by Crippen LogP contribution is 2.03. The Balaban J connectivity index is 1.78. The Morgan fingerprint density at radius 3 is 3.06 bits per heavy atom. The molecule has 0 bridgehead atoms. The second-order valence-electron chi connectivity index (χ2n) is 5.11. The molecule has 0 spiro atoms. The number of benzene rings is 1. The van der Waals surface area contributed by atoms with Gasteiger partial charge in [-0.3, -0.25) is 4.90 Å². The summed E-state index contributed by atoms with van der Waals surface area (Å²) in [5.74, 6) is 6.57. The van der Waals surface area contributed by atoms with Crippen molar-refractivity contribution in [1.29, 1.82) is 0 Å². The van der Waals surface area contributed by atoms with Crippen LogP contribution in [-0.4, -0.2) is 37.1 Å². The van der Waals surface area contributed by atoms with E-state index in [2.05, 4.69) is 60.2 Å². The van der Waals surface area contributed by atoms with Gasteiger partial charge < -0.3 is 5.32 Å². The molecule has 1 aliphatic heterocycles. The van der Waals surface area contributed by atoms with E-state index in [0.717, 1.165) is 32.6 Å². The Kier molecular flexibility index (Phi) is 4.81. The maximum atomic E-state index is 3.44. The van der Waals surface area contributed by atoms with Crippen LogP contribution in [0.1, 0.15) is 18.1 Å². The lowest BCUT2D eigenvalue weighted by atomic mass is 10.1. The molecule has 96 valence electrons. The highest BCUT2D eigenvalue weighted by atomic mass is 15.2. The first kappa shape index (κ1) is 13.1. The van der Waals surface area contributed by atoms with Crippen molar-refractivity contribution in [1.82, 2.24) is 10.2 Å². The van der Waals surface area contributed by atoms with Gasteiger partial charge in [0.2, 0.25) is 0 Å². The fourth-order valence-electron chi connectivity index (χ4n) is 2.31. The van der Waals surface area contributed by atoms with E-state index < -0.39 is 0 Å². The van der Waals surface area contributed by atoms with Gasteiger partial charge in [0.25, 0.3) is 0 Å². The number of nitrogens with zero attached hydrogens (tertiary/aromatic N) is 1. The molecule has 18 heavy (non-hydrogen) atoms. The van der Waals surface area contributed by atoms with Crippen LogP contribution in [0.4, 0.5) is 0 Å². The lowest BCUT2D eigenvalue weighted by Gasteiger charge is -2.30. The molecule has 1 unspecified atom stereocenters. The van der Waals surface area contributed by atoms with E-state index in [1.165, 1.54) is 11.1 Å². The first-order valence-corrected chi connectivity index (χ1v) is 6.71. The summed E-state index contributed by atoms with van der Waals surface area (Å²) in [5.41, 5.74) is 2.63. The van der Waals surface area contributed by atoms with Crippen LogP contribution in [-0.2, 0) is 6.42 Å². The minimum Gasteiger partial charge on any atom is -0.312 e. The van der Waals surface area contributed by atoms with Gasteiger partial charge in [-0.15, -0.1) is 0 Å². The second-order valence-corrected chi connectivity index (χ2v) is 5.11. The van der Waals surface area contributed by atoms with Crippen molar-refractivity contribution in [2.24, 2.45) is 0 Å². The molecule has 1 atom stereocenters. The van der Waals surface area contributed by atoms with Gasteiger partial charge in [0, 0.05) is 32.1 Å². The zero-order valence-electron chi connectivity index (χ0n) is 11.4. The van der Waals surface area contributed by atoms with Crippen molar-refractivity contribution < 1.29 is 0 Å². The number of nitrogens with one attached hydrogen (secondary N) is 1. The molecule has 2 rings (SSSR count). The van der Waals surface area contributed by atoms with E-state index in [1.54, 1.807) is 0 Å². The molecule has 1 fully saturated rings. The van der Waals surface area contributed by atoms with Crippen molar-refractivity contribution in [3.63, 3.8) is 0 Å². The van der Waals surface area contributed by atoms with E-state index in [9.17, 15) is 0 Å². The zero-order chi connectivity index (χ0) is 12.8. The van der Waals surface area contributed by atoms with Crippen molar-refractivity contribution in [2.75, 3.05) is 26.2 Å². The maximum Gasteiger partial charge on any atom is 0.0602 e. The highest BCUT2D eigenvalue weighted by Gasteiger charge is 2.13. The molecule has 2 nitrogen and oxygen atoms in total. The molecule has 1 heterocycles. The Hall–Kier alpha value is -1.30. The molecular formula is C16H22N2. The van der Waals surface area contributed by atoms with Crippen LogP contribution in [0.5, 0.6) is 0 Å². The molecular weight excluding hydrogens is 220 g/mol. The Morgan fingerprint density at radius 1 is 1.39 bits per heavy atom. The van der Waals surface area contributed by atoms with Gasteiger partial charge in [-0.25, -0.2) is 0 Å². The number of piperazine rings is 1. The lowest BCUT2D eigenvalue weighted by Crippen LogP contribution is -2.49. The average molecular weight is 242 g/mol. The van der Waals surface area contributed by atoms with E-state index in [4.69, 9.17) is 0 Å². The van der Waals surface area contributed by atoms with Crippen LogP contribution in [0.2, 0.25) is 0 Å². The molecule has 1 aromatic rings. The fourth-order valence-corrected chi connectivity index (χ4v) is 2.31. The predicted molar refractivity (Wildman–Crippen MR) is 76.6 cm³/mol. The number of rotatable bonds is 2. The summed E-state index contributed by atoms with van der Waals surface area (Å²) in [6.45, 7) is 8.56. The maximum absolute atomic E-state index is 3.44. The van der Waals surface area contributed by atoms with Gasteiger partial charge in [-0.1, -0.05) is 41.7 Å². The first-order chi connectivity index (χ1) is 8.74. The van der Waals surface area contributed by atoms with Crippen LogP contribution >= 0.6 is 0 Å². The van der Waals surface area contributed by atoms with Crippen LogP contribution in [0.15, 0.2) is 24.3 Å². The van der Waals surface area contributed by atoms with Crippen LogP contribution < -0.4 is 5.32 Å². The Morgan fingerprint density at radius 2 is 2.28 bits per heavy atom. The van der Waals surface area contributed by atoms with E-state index in [0.29, 0.717) is 6.04 Å². The standard InChI is InChI=1S/C16H22N2/c1-14-6-5-8-16(12-14)7-3-4-10-18-11-9-17-15(2)13-18/h5-6,8,12,15,17H,7,9-11,13H2,1-2H3. The quantitative estimate of drug-likeness (QED) is 0.796. The minimum atomic E-state index is 0.595. The van der Waals surface area contributed by atoms with Crippen molar-refractivity contribution >= 4 is 0 Å². The summed E-state index contributed by atoms with van der Waals surface area (Å²) in [6.07, 6.45) is 0.864. The summed E-state index contributed by atoms with van der Waals surface area (Å²) < 4.78 is 0. The molecule has 0 aliphatic carbocycles. The van der Waals surface area contributed by atoms with Crippen molar-refractivity contribution in [3.8, 4) is 11.8 Å². The largest absolute Gasteiger partial charge is 0.312 e. The number of aryl methyl sites for hydroxylation is 1. The fraction of sp³-hybridized carbons (Fsp3) is 0.500. The Bertz CT molecular complexity index is 442. The summed E-state index contributed by atoms with van der Waals surface area (Å²) in [4.78, 5) is 2.42. The number of hydrogen-bond acceptors (Lipinski definition) is 2. The predicted octanol–water partition coefficient (Wildman–Crippen LogP) is 1.83. The molecule has 1 saturated heterocycles. The molecule has 0 radical (unpaired) electrons. The Labute approximate surface area is 110 Å². The van der Waals surface area contributed by atoms with E-state index >= 15 is 0 Å². The second kappa shape index (κ2) is 6.58. The zero-order valence-corrected chi connectivity index (χ0v) is 11.4. The van der Waals surface area contributed by atoms with Gasteiger partial charge in [0.15, 0.2) is 0 Å². The summed E-state index contributed by atoms with van der Waals surface area (Å²) in [6, 6.07) is 9.18. The normalized spacial score (nSPS) is 20.2. The monoisotopic (exact) mass is 242 g/mol. The third-order valence-corrected chi connectivity index (χ3v) is 3.26. The lowest BCUT2D eigenvalue weighted by molar-refractivity contribution is 0.229. The van der Waals surface area contributed by atoms with Gasteiger partial charge in [0.1, 0.15) is 0 Å². The SMILES string of the molecule is Cc1cccc(CC#CCN2CCNC(C)C2)c1. The highest BCUT2D eigenvalue weighted by molar-refractivity contribution is 5.26. The van der Waals surface area contributed by atoms with Crippen LogP contribution in [0.25, 0.3) is 0 Å². The minimum absolute atomic E-state index is 0.595. The van der Waals surface area contributed by atoms with E-state index in [1.807, 2.05) is 0 Å². The van der Waals surface area contributed by atoms with Crippen molar-refractivity contribution in [2.45, 2.75) is 26.3 Å². The van der Waals surface area contributed by atoms with Gasteiger partial charge in [-0.05, 0) is 19.4 Å². The average Bonchev–Trinajstić information content (AvgIpc) is 2.35. The third kappa shape index (κ3) is 4.18. The van der Waals surface area contributed by atoms with Gasteiger partial charge in [0.05, 0.1) is 6.54 Å². The van der Waals surface area contributed by atoms with Crippen molar-refractivity contribution in [3.05, 3.63) is 35.4 Å². The molecule has 0 aromatic heterocycles. The third-order valence-electron chi connectivity index (χ3n) is 3.26. The molecule has 1 N–H and O–H groups in total. The van der Waals surface area contributed by atoms with Crippen LogP contribution in [0.3, 0.4) is 0 Å². The van der Waals surface area contributed by atoms with Gasteiger partial charge in [-0.2, -0.15) is 0 Å². The molecule has 0 saturated carbocycles. The molecule has 1 aliphatic rings.